The third-order valence-corrected chi connectivity index (χ3v) is 4.27. The van der Waals surface area contributed by atoms with Crippen LogP contribution in [0.4, 0.5) is 4.79 Å². The normalized spacial score (nSPS) is 23.0. The van der Waals surface area contributed by atoms with Crippen LogP contribution in [-0.4, -0.2) is 43.0 Å². The number of amides is 3. The second-order valence-electron chi connectivity index (χ2n) is 5.88. The molecule has 2 aliphatic rings. The molecule has 0 atom stereocenters. The molecule has 1 aliphatic carbocycles. The van der Waals surface area contributed by atoms with Gasteiger partial charge in [-0.15, -0.1) is 0 Å². The van der Waals surface area contributed by atoms with Crippen molar-refractivity contribution in [2.45, 2.75) is 51.0 Å². The average molecular weight is 267 g/mol. The molecule has 0 unspecified atom stereocenters. The fraction of sp³-hybridized carbons (Fsp3) is 0.857. The molecule has 0 aromatic rings. The number of hydrogen-bond donors (Lipinski definition) is 2. The summed E-state index contributed by atoms with van der Waals surface area (Å²) in [6.07, 6.45) is 7.37. The molecule has 19 heavy (non-hydrogen) atoms. The zero-order valence-corrected chi connectivity index (χ0v) is 11.8. The summed E-state index contributed by atoms with van der Waals surface area (Å²) in [5, 5.41) is 5.42. The summed E-state index contributed by atoms with van der Waals surface area (Å²) in [7, 11) is 2.06. The number of carbonyl (C=O) groups is 2. The Labute approximate surface area is 115 Å². The van der Waals surface area contributed by atoms with Crippen LogP contribution in [0.3, 0.4) is 0 Å². The highest BCUT2D eigenvalue weighted by Gasteiger charge is 2.25. The van der Waals surface area contributed by atoms with E-state index in [1.807, 2.05) is 0 Å². The zero-order chi connectivity index (χ0) is 13.7. The molecular formula is C14H25N3O2. The molecule has 0 spiro atoms. The van der Waals surface area contributed by atoms with E-state index in [9.17, 15) is 9.59 Å². The molecule has 1 saturated carbocycles. The Hall–Kier alpha value is -1.10. The topological polar surface area (TPSA) is 61.4 Å². The Morgan fingerprint density at radius 2 is 1.63 bits per heavy atom. The summed E-state index contributed by atoms with van der Waals surface area (Å²) in [6, 6.07) is -0.0603. The fourth-order valence-electron chi connectivity index (χ4n) is 2.95. The molecule has 5 nitrogen and oxygen atoms in total. The van der Waals surface area contributed by atoms with Crippen LogP contribution in [0.15, 0.2) is 0 Å². The Bertz CT molecular complexity index is 319. The highest BCUT2D eigenvalue weighted by molar-refractivity contribution is 5.95. The smallest absolute Gasteiger partial charge is 0.321 e. The summed E-state index contributed by atoms with van der Waals surface area (Å²) in [5.74, 6) is -0.116. The van der Waals surface area contributed by atoms with Crippen LogP contribution >= 0.6 is 0 Å². The van der Waals surface area contributed by atoms with Gasteiger partial charge in [-0.1, -0.05) is 19.3 Å². The van der Waals surface area contributed by atoms with Crippen LogP contribution in [0.2, 0.25) is 0 Å². The van der Waals surface area contributed by atoms with Gasteiger partial charge in [0, 0.05) is 12.0 Å². The number of rotatable bonds is 2. The minimum Gasteiger partial charge on any atom is -0.335 e. The van der Waals surface area contributed by atoms with Crippen molar-refractivity contribution >= 4 is 11.9 Å². The Kier molecular flexibility index (Phi) is 5.19. The third kappa shape index (κ3) is 4.49. The van der Waals surface area contributed by atoms with Crippen molar-refractivity contribution in [3.05, 3.63) is 0 Å². The van der Waals surface area contributed by atoms with E-state index < -0.39 is 0 Å². The lowest BCUT2D eigenvalue weighted by molar-refractivity contribution is -0.125. The van der Waals surface area contributed by atoms with E-state index in [2.05, 4.69) is 22.6 Å². The molecule has 5 heteroatoms. The van der Waals surface area contributed by atoms with Crippen LogP contribution in [0.25, 0.3) is 0 Å². The monoisotopic (exact) mass is 267 g/mol. The van der Waals surface area contributed by atoms with Crippen molar-refractivity contribution in [2.75, 3.05) is 20.1 Å². The molecule has 1 heterocycles. The van der Waals surface area contributed by atoms with Crippen LogP contribution in [0, 0.1) is 5.92 Å². The van der Waals surface area contributed by atoms with Gasteiger partial charge in [0.05, 0.1) is 0 Å². The van der Waals surface area contributed by atoms with Crippen molar-refractivity contribution in [1.29, 1.82) is 0 Å². The van der Waals surface area contributed by atoms with Gasteiger partial charge in [0.1, 0.15) is 0 Å². The Balaban J connectivity index is 1.70. The summed E-state index contributed by atoms with van der Waals surface area (Å²) >= 11 is 0. The first-order valence-corrected chi connectivity index (χ1v) is 7.45. The van der Waals surface area contributed by atoms with E-state index in [0.717, 1.165) is 38.8 Å². The number of carbonyl (C=O) groups excluding carboxylic acids is 2. The van der Waals surface area contributed by atoms with Crippen molar-refractivity contribution in [2.24, 2.45) is 5.92 Å². The minimum atomic E-state index is -0.309. The van der Waals surface area contributed by atoms with Crippen molar-refractivity contribution in [3.63, 3.8) is 0 Å². The maximum Gasteiger partial charge on any atom is 0.321 e. The van der Waals surface area contributed by atoms with Crippen LogP contribution < -0.4 is 10.6 Å². The standard InChI is InChI=1S/C14H25N3O2/c1-17-9-7-11(8-10-17)13(18)16-14(19)15-12-5-3-2-4-6-12/h11-12H,2-10H2,1H3,(H2,15,16,18,19). The number of imide groups is 1. The second kappa shape index (κ2) is 6.89. The first kappa shape index (κ1) is 14.3. The lowest BCUT2D eigenvalue weighted by Gasteiger charge is -2.28. The molecule has 2 rings (SSSR count). The molecule has 0 aromatic carbocycles. The number of piperidine rings is 1. The van der Waals surface area contributed by atoms with E-state index in [-0.39, 0.29) is 23.9 Å². The largest absolute Gasteiger partial charge is 0.335 e. The second-order valence-corrected chi connectivity index (χ2v) is 5.88. The molecule has 1 aliphatic heterocycles. The molecule has 2 fully saturated rings. The van der Waals surface area contributed by atoms with Gasteiger partial charge in [-0.2, -0.15) is 0 Å². The van der Waals surface area contributed by atoms with Gasteiger partial charge in [-0.25, -0.2) is 4.79 Å². The van der Waals surface area contributed by atoms with Gasteiger partial charge in [0.25, 0.3) is 0 Å². The molecular weight excluding hydrogens is 242 g/mol. The highest BCUT2D eigenvalue weighted by Crippen LogP contribution is 2.18. The summed E-state index contributed by atoms with van der Waals surface area (Å²) in [4.78, 5) is 26.0. The number of hydrogen-bond acceptors (Lipinski definition) is 3. The maximum absolute atomic E-state index is 12.0. The molecule has 3 amide bonds. The van der Waals surface area contributed by atoms with Crippen molar-refractivity contribution in [3.8, 4) is 0 Å². The first-order valence-electron chi connectivity index (χ1n) is 7.45. The molecule has 108 valence electrons. The van der Waals surface area contributed by atoms with E-state index >= 15 is 0 Å². The van der Waals surface area contributed by atoms with E-state index in [1.54, 1.807) is 0 Å². The van der Waals surface area contributed by atoms with Crippen LogP contribution in [0.1, 0.15) is 44.9 Å². The Morgan fingerprint density at radius 3 is 2.26 bits per heavy atom. The third-order valence-electron chi connectivity index (χ3n) is 4.27. The maximum atomic E-state index is 12.0. The van der Waals surface area contributed by atoms with Crippen molar-refractivity contribution in [1.82, 2.24) is 15.5 Å². The van der Waals surface area contributed by atoms with E-state index in [4.69, 9.17) is 0 Å². The molecule has 0 bridgehead atoms. The van der Waals surface area contributed by atoms with Gasteiger partial charge in [0.15, 0.2) is 0 Å². The van der Waals surface area contributed by atoms with Crippen molar-refractivity contribution < 1.29 is 9.59 Å². The van der Waals surface area contributed by atoms with Gasteiger partial charge in [0.2, 0.25) is 5.91 Å². The number of urea groups is 1. The van der Waals surface area contributed by atoms with Crippen LogP contribution in [0.5, 0.6) is 0 Å². The first-order chi connectivity index (χ1) is 9.15. The summed E-state index contributed by atoms with van der Waals surface area (Å²) < 4.78 is 0. The average Bonchev–Trinajstić information content (AvgIpc) is 2.40. The predicted octanol–water partition coefficient (Wildman–Crippen LogP) is 1.49. The van der Waals surface area contributed by atoms with Crippen LogP contribution in [-0.2, 0) is 4.79 Å². The number of nitrogens with one attached hydrogen (secondary N) is 2. The predicted molar refractivity (Wildman–Crippen MR) is 73.8 cm³/mol. The van der Waals surface area contributed by atoms with E-state index in [0.29, 0.717) is 0 Å². The summed E-state index contributed by atoms with van der Waals surface area (Å²) in [5.41, 5.74) is 0. The minimum absolute atomic E-state index is 0.00620. The number of likely N-dealkylation sites (tertiary alicyclic amines) is 1. The zero-order valence-electron chi connectivity index (χ0n) is 11.8. The Morgan fingerprint density at radius 1 is 1.00 bits per heavy atom. The van der Waals surface area contributed by atoms with Gasteiger partial charge in [-0.3, -0.25) is 10.1 Å². The fourth-order valence-corrected chi connectivity index (χ4v) is 2.95. The number of nitrogens with zero attached hydrogens (tertiary/aromatic N) is 1. The SMILES string of the molecule is CN1CCC(C(=O)NC(=O)NC2CCCCC2)CC1. The lowest BCUT2D eigenvalue weighted by Crippen LogP contribution is -2.48. The quantitative estimate of drug-likeness (QED) is 0.797. The van der Waals surface area contributed by atoms with Gasteiger partial charge < -0.3 is 10.2 Å². The summed E-state index contributed by atoms with van der Waals surface area (Å²) in [6.45, 7) is 1.87. The molecule has 0 radical (unpaired) electrons. The lowest BCUT2D eigenvalue weighted by atomic mass is 9.95. The molecule has 1 saturated heterocycles. The highest BCUT2D eigenvalue weighted by atomic mass is 16.2. The van der Waals surface area contributed by atoms with Gasteiger partial charge >= 0.3 is 6.03 Å². The van der Waals surface area contributed by atoms with Gasteiger partial charge in [-0.05, 0) is 45.8 Å². The molecule has 2 N–H and O–H groups in total. The van der Waals surface area contributed by atoms with E-state index in [1.165, 1.54) is 19.3 Å². The molecule has 0 aromatic heterocycles.